The van der Waals surface area contributed by atoms with E-state index in [4.69, 9.17) is 0 Å². The third-order valence-electron chi connectivity index (χ3n) is 4.04. The summed E-state index contributed by atoms with van der Waals surface area (Å²) in [4.78, 5) is 28.6. The minimum Gasteiger partial charge on any atom is -0.389 e. The topological polar surface area (TPSA) is 72.9 Å². The fourth-order valence-electron chi connectivity index (χ4n) is 3.06. The molecule has 0 saturated carbocycles. The molecule has 1 atom stereocenters. The SMILES string of the molecule is CCN(CC(=O)N1c2ccccc2NC(=O)C[C@H]1C)CC(C)(C)O. The van der Waals surface area contributed by atoms with Crippen molar-refractivity contribution in [2.24, 2.45) is 0 Å². The summed E-state index contributed by atoms with van der Waals surface area (Å²) in [6.45, 7) is 8.58. The number of carbonyl (C=O) groups is 2. The van der Waals surface area contributed by atoms with Gasteiger partial charge in [-0.05, 0) is 39.4 Å². The van der Waals surface area contributed by atoms with Gasteiger partial charge in [0.1, 0.15) is 0 Å². The number of hydrogen-bond donors (Lipinski definition) is 2. The predicted molar refractivity (Wildman–Crippen MR) is 95.0 cm³/mol. The van der Waals surface area contributed by atoms with Crippen molar-refractivity contribution in [1.29, 1.82) is 0 Å². The molecule has 1 heterocycles. The van der Waals surface area contributed by atoms with Crippen molar-refractivity contribution < 1.29 is 14.7 Å². The van der Waals surface area contributed by atoms with E-state index in [9.17, 15) is 14.7 Å². The Morgan fingerprint density at radius 1 is 1.42 bits per heavy atom. The summed E-state index contributed by atoms with van der Waals surface area (Å²) in [7, 11) is 0. The van der Waals surface area contributed by atoms with E-state index in [-0.39, 0.29) is 30.8 Å². The molecule has 1 aromatic rings. The summed E-state index contributed by atoms with van der Waals surface area (Å²) in [5.41, 5.74) is 0.516. The molecule has 1 aliphatic heterocycles. The number of benzene rings is 1. The highest BCUT2D eigenvalue weighted by Crippen LogP contribution is 2.31. The molecule has 2 rings (SSSR count). The van der Waals surface area contributed by atoms with Crippen LogP contribution < -0.4 is 10.2 Å². The van der Waals surface area contributed by atoms with Crippen molar-refractivity contribution in [3.63, 3.8) is 0 Å². The average molecular weight is 333 g/mol. The number of hydrogen-bond acceptors (Lipinski definition) is 4. The first kappa shape index (κ1) is 18.4. The molecule has 24 heavy (non-hydrogen) atoms. The first-order valence-electron chi connectivity index (χ1n) is 8.37. The molecule has 0 aromatic heterocycles. The van der Waals surface area contributed by atoms with E-state index in [0.29, 0.717) is 18.8 Å². The lowest BCUT2D eigenvalue weighted by molar-refractivity contribution is -0.120. The molecule has 0 fully saturated rings. The van der Waals surface area contributed by atoms with Crippen LogP contribution >= 0.6 is 0 Å². The summed E-state index contributed by atoms with van der Waals surface area (Å²) in [5, 5.41) is 12.9. The Balaban J connectivity index is 2.25. The number of fused-ring (bicyclic) bond motifs is 1. The molecule has 0 saturated heterocycles. The normalized spacial score (nSPS) is 18.2. The lowest BCUT2D eigenvalue weighted by Crippen LogP contribution is -2.48. The first-order valence-corrected chi connectivity index (χ1v) is 8.37. The average Bonchev–Trinajstić information content (AvgIpc) is 2.59. The maximum Gasteiger partial charge on any atom is 0.241 e. The van der Waals surface area contributed by atoms with Crippen molar-refractivity contribution in [1.82, 2.24) is 4.90 Å². The number of carbonyl (C=O) groups excluding carboxylic acids is 2. The lowest BCUT2D eigenvalue weighted by atomic mass is 10.1. The lowest BCUT2D eigenvalue weighted by Gasteiger charge is -2.32. The second-order valence-electron chi connectivity index (χ2n) is 7.00. The summed E-state index contributed by atoms with van der Waals surface area (Å²) in [6, 6.07) is 7.13. The predicted octanol–water partition coefficient (Wildman–Crippen LogP) is 1.84. The molecule has 6 nitrogen and oxygen atoms in total. The highest BCUT2D eigenvalue weighted by molar-refractivity contribution is 6.04. The van der Waals surface area contributed by atoms with Crippen LogP contribution in [-0.2, 0) is 9.59 Å². The Bertz CT molecular complexity index is 610. The zero-order valence-corrected chi connectivity index (χ0v) is 14.9. The van der Waals surface area contributed by atoms with Gasteiger partial charge < -0.3 is 15.3 Å². The van der Waals surface area contributed by atoms with Gasteiger partial charge in [0, 0.05) is 19.0 Å². The van der Waals surface area contributed by atoms with Crippen molar-refractivity contribution in [2.45, 2.75) is 45.8 Å². The molecule has 0 radical (unpaired) electrons. The van der Waals surface area contributed by atoms with Gasteiger partial charge in [-0.15, -0.1) is 0 Å². The molecule has 1 aromatic carbocycles. The largest absolute Gasteiger partial charge is 0.389 e. The quantitative estimate of drug-likeness (QED) is 0.862. The Morgan fingerprint density at radius 3 is 2.71 bits per heavy atom. The van der Waals surface area contributed by atoms with Crippen molar-refractivity contribution >= 4 is 23.2 Å². The van der Waals surface area contributed by atoms with Crippen molar-refractivity contribution in [3.8, 4) is 0 Å². The minimum absolute atomic E-state index is 0.0717. The molecular weight excluding hydrogens is 306 g/mol. The Kier molecular flexibility index (Phi) is 5.62. The molecule has 0 unspecified atom stereocenters. The van der Waals surface area contributed by atoms with Crippen LogP contribution in [0.1, 0.15) is 34.1 Å². The molecular formula is C18H27N3O3. The zero-order chi connectivity index (χ0) is 17.9. The highest BCUT2D eigenvalue weighted by atomic mass is 16.3. The molecule has 0 spiro atoms. The molecule has 1 aliphatic rings. The van der Waals surface area contributed by atoms with Crippen LogP contribution in [0.25, 0.3) is 0 Å². The van der Waals surface area contributed by atoms with Crippen LogP contribution in [-0.4, -0.2) is 53.1 Å². The van der Waals surface area contributed by atoms with Crippen LogP contribution in [0.2, 0.25) is 0 Å². The molecule has 2 amide bonds. The Hall–Kier alpha value is -1.92. The number of anilines is 2. The van der Waals surface area contributed by atoms with E-state index < -0.39 is 5.60 Å². The first-order chi connectivity index (χ1) is 11.2. The van der Waals surface area contributed by atoms with Crippen molar-refractivity contribution in [3.05, 3.63) is 24.3 Å². The summed E-state index contributed by atoms with van der Waals surface area (Å²) in [6.07, 6.45) is 0.262. The number of nitrogens with one attached hydrogen (secondary N) is 1. The number of para-hydroxylation sites is 2. The standard InChI is InChI=1S/C18H27N3O3/c1-5-20(12-18(3,4)24)11-17(23)21-13(2)10-16(22)19-14-8-6-7-9-15(14)21/h6-9,13,24H,5,10-12H2,1-4H3,(H,19,22)/t13-/m1/s1. The maximum atomic E-state index is 12.9. The van der Waals surface area contributed by atoms with Crippen molar-refractivity contribution in [2.75, 3.05) is 29.9 Å². The minimum atomic E-state index is -0.865. The van der Waals surface area contributed by atoms with Crippen LogP contribution in [0.5, 0.6) is 0 Å². The fourth-order valence-corrected chi connectivity index (χ4v) is 3.06. The molecule has 6 heteroatoms. The van der Waals surface area contributed by atoms with E-state index in [2.05, 4.69) is 5.32 Å². The van der Waals surface area contributed by atoms with E-state index in [1.165, 1.54) is 0 Å². The van der Waals surface area contributed by atoms with Crippen LogP contribution in [0, 0.1) is 0 Å². The summed E-state index contributed by atoms with van der Waals surface area (Å²) < 4.78 is 0. The molecule has 0 aliphatic carbocycles. The monoisotopic (exact) mass is 333 g/mol. The van der Waals surface area contributed by atoms with E-state index in [1.807, 2.05) is 36.9 Å². The van der Waals surface area contributed by atoms with E-state index in [0.717, 1.165) is 5.69 Å². The van der Waals surface area contributed by atoms with E-state index >= 15 is 0 Å². The van der Waals surface area contributed by atoms with Gasteiger partial charge in [-0.3, -0.25) is 14.5 Å². The number of rotatable bonds is 5. The van der Waals surface area contributed by atoms with Crippen LogP contribution in [0.15, 0.2) is 24.3 Å². The van der Waals surface area contributed by atoms with Gasteiger partial charge in [0.05, 0.1) is 23.5 Å². The van der Waals surface area contributed by atoms with Gasteiger partial charge in [0.25, 0.3) is 0 Å². The van der Waals surface area contributed by atoms with Gasteiger partial charge in [-0.1, -0.05) is 19.1 Å². The summed E-state index contributed by atoms with van der Waals surface area (Å²) >= 11 is 0. The highest BCUT2D eigenvalue weighted by Gasteiger charge is 2.30. The number of aliphatic hydroxyl groups is 1. The summed E-state index contributed by atoms with van der Waals surface area (Å²) in [5.74, 6) is -0.161. The Labute approximate surface area is 143 Å². The number of nitrogens with zero attached hydrogens (tertiary/aromatic N) is 2. The van der Waals surface area contributed by atoms with Gasteiger partial charge in [-0.2, -0.15) is 0 Å². The molecule has 2 N–H and O–H groups in total. The second-order valence-corrected chi connectivity index (χ2v) is 7.00. The van der Waals surface area contributed by atoms with Gasteiger partial charge >= 0.3 is 0 Å². The number of amides is 2. The smallest absolute Gasteiger partial charge is 0.241 e. The van der Waals surface area contributed by atoms with Crippen LogP contribution in [0.4, 0.5) is 11.4 Å². The molecule has 0 bridgehead atoms. The zero-order valence-electron chi connectivity index (χ0n) is 14.9. The van der Waals surface area contributed by atoms with E-state index in [1.54, 1.807) is 24.8 Å². The third kappa shape index (κ3) is 4.55. The third-order valence-corrected chi connectivity index (χ3v) is 4.04. The van der Waals surface area contributed by atoms with Gasteiger partial charge in [0.15, 0.2) is 0 Å². The second kappa shape index (κ2) is 7.32. The number of likely N-dealkylation sites (N-methyl/N-ethyl adjacent to an activating group) is 1. The van der Waals surface area contributed by atoms with Crippen LogP contribution in [0.3, 0.4) is 0 Å². The fraction of sp³-hybridized carbons (Fsp3) is 0.556. The Morgan fingerprint density at radius 2 is 2.08 bits per heavy atom. The van der Waals surface area contributed by atoms with Gasteiger partial charge in [0.2, 0.25) is 11.8 Å². The van der Waals surface area contributed by atoms with Gasteiger partial charge in [-0.25, -0.2) is 0 Å². The molecule has 132 valence electrons. The maximum absolute atomic E-state index is 12.9.